The van der Waals surface area contributed by atoms with Crippen LogP contribution in [0.25, 0.3) is 0 Å². The molecule has 0 rings (SSSR count). The normalized spacial score (nSPS) is 13.2. The van der Waals surface area contributed by atoms with Crippen molar-refractivity contribution in [1.29, 1.82) is 0 Å². The van der Waals surface area contributed by atoms with Crippen LogP contribution in [-0.2, 0) is 9.53 Å². The molecule has 1 unspecified atom stereocenters. The van der Waals surface area contributed by atoms with E-state index in [1.807, 2.05) is 6.08 Å². The molecule has 0 aromatic heterocycles. The van der Waals surface area contributed by atoms with Gasteiger partial charge in [-0.15, -0.1) is 0 Å². The maximum atomic E-state index is 10.7. The van der Waals surface area contributed by atoms with Crippen molar-refractivity contribution in [2.75, 3.05) is 13.7 Å². The van der Waals surface area contributed by atoms with E-state index in [-0.39, 0.29) is 5.97 Å². The molecule has 0 spiro atoms. The third-order valence-corrected chi connectivity index (χ3v) is 1.63. The molecule has 3 heteroatoms. The van der Waals surface area contributed by atoms with Crippen molar-refractivity contribution in [3.05, 3.63) is 12.2 Å². The number of ether oxygens (including phenoxy) is 1. The zero-order valence-corrected chi connectivity index (χ0v) is 7.75. The first-order valence-corrected chi connectivity index (χ1v) is 4.17. The summed E-state index contributed by atoms with van der Waals surface area (Å²) in [5, 5.41) is 0. The number of allylic oxidation sites excluding steroid dienone is 1. The van der Waals surface area contributed by atoms with Crippen molar-refractivity contribution in [3.63, 3.8) is 0 Å². The fraction of sp³-hybridized carbons (Fsp3) is 0.667. The second kappa shape index (κ2) is 6.85. The molecule has 3 nitrogen and oxygen atoms in total. The molecule has 12 heavy (non-hydrogen) atoms. The minimum atomic E-state index is -0.297. The molecule has 0 aromatic rings. The van der Waals surface area contributed by atoms with Crippen LogP contribution in [0, 0.1) is 5.92 Å². The summed E-state index contributed by atoms with van der Waals surface area (Å²) in [6.45, 7) is 2.76. The van der Waals surface area contributed by atoms with Crippen molar-refractivity contribution in [1.82, 2.24) is 0 Å². The van der Waals surface area contributed by atoms with E-state index in [1.165, 1.54) is 13.2 Å². The molecule has 0 saturated heterocycles. The Bertz CT molecular complexity index is 155. The first-order valence-electron chi connectivity index (χ1n) is 4.17. The SMILES string of the molecule is COC(=O)C=CC(C)CCCN. The van der Waals surface area contributed by atoms with Crippen LogP contribution in [0.3, 0.4) is 0 Å². The van der Waals surface area contributed by atoms with E-state index in [9.17, 15) is 4.79 Å². The van der Waals surface area contributed by atoms with Crippen molar-refractivity contribution in [3.8, 4) is 0 Å². The Morgan fingerprint density at radius 2 is 2.33 bits per heavy atom. The van der Waals surface area contributed by atoms with Gasteiger partial charge in [0.05, 0.1) is 7.11 Å². The molecule has 0 aliphatic rings. The Morgan fingerprint density at radius 3 is 2.83 bits per heavy atom. The van der Waals surface area contributed by atoms with Crippen molar-refractivity contribution >= 4 is 5.97 Å². The summed E-state index contributed by atoms with van der Waals surface area (Å²) in [5.74, 6) is 0.0993. The van der Waals surface area contributed by atoms with Gasteiger partial charge in [-0.25, -0.2) is 4.79 Å². The Morgan fingerprint density at radius 1 is 1.67 bits per heavy atom. The third-order valence-electron chi connectivity index (χ3n) is 1.63. The van der Waals surface area contributed by atoms with E-state index < -0.39 is 0 Å². The van der Waals surface area contributed by atoms with Crippen LogP contribution in [0.1, 0.15) is 19.8 Å². The lowest BCUT2D eigenvalue weighted by Gasteiger charge is -2.02. The van der Waals surface area contributed by atoms with Gasteiger partial charge in [-0.3, -0.25) is 0 Å². The molecule has 0 amide bonds. The molecular weight excluding hydrogens is 154 g/mol. The topological polar surface area (TPSA) is 52.3 Å². The average molecular weight is 171 g/mol. The van der Waals surface area contributed by atoms with Gasteiger partial charge in [0.2, 0.25) is 0 Å². The standard InChI is InChI=1S/C9H17NO2/c1-8(4-3-7-10)5-6-9(11)12-2/h5-6,8H,3-4,7,10H2,1-2H3. The first kappa shape index (κ1) is 11.2. The third kappa shape index (κ3) is 5.92. The van der Waals surface area contributed by atoms with E-state index >= 15 is 0 Å². The number of carbonyl (C=O) groups excluding carboxylic acids is 1. The molecule has 0 radical (unpaired) electrons. The van der Waals surface area contributed by atoms with E-state index in [4.69, 9.17) is 5.73 Å². The van der Waals surface area contributed by atoms with Crippen molar-refractivity contribution in [2.24, 2.45) is 11.7 Å². The van der Waals surface area contributed by atoms with E-state index in [0.717, 1.165) is 12.8 Å². The highest BCUT2D eigenvalue weighted by Crippen LogP contribution is 2.05. The molecule has 70 valence electrons. The summed E-state index contributed by atoms with van der Waals surface area (Å²) in [4.78, 5) is 10.7. The van der Waals surface area contributed by atoms with Gasteiger partial charge in [0.25, 0.3) is 0 Å². The highest BCUT2D eigenvalue weighted by molar-refractivity contribution is 5.81. The number of hydrogen-bond donors (Lipinski definition) is 1. The van der Waals surface area contributed by atoms with E-state index in [1.54, 1.807) is 0 Å². The maximum Gasteiger partial charge on any atom is 0.330 e. The summed E-state index contributed by atoms with van der Waals surface area (Å²) in [6, 6.07) is 0. The number of hydrogen-bond acceptors (Lipinski definition) is 3. The summed E-state index contributed by atoms with van der Waals surface area (Å²) >= 11 is 0. The minimum absolute atomic E-state index is 0.297. The van der Waals surface area contributed by atoms with Gasteiger partial charge in [0, 0.05) is 6.08 Å². The predicted molar refractivity (Wildman–Crippen MR) is 48.6 cm³/mol. The minimum Gasteiger partial charge on any atom is -0.466 e. The molecule has 0 aromatic carbocycles. The molecule has 2 N–H and O–H groups in total. The van der Waals surface area contributed by atoms with Gasteiger partial charge in [0.15, 0.2) is 0 Å². The zero-order chi connectivity index (χ0) is 9.40. The molecular formula is C9H17NO2. The lowest BCUT2D eigenvalue weighted by Crippen LogP contribution is -2.02. The fourth-order valence-corrected chi connectivity index (χ4v) is 0.847. The van der Waals surface area contributed by atoms with Crippen LogP contribution in [0.5, 0.6) is 0 Å². The van der Waals surface area contributed by atoms with Crippen LogP contribution >= 0.6 is 0 Å². The lowest BCUT2D eigenvalue weighted by atomic mass is 10.1. The molecule has 1 atom stereocenters. The number of rotatable bonds is 5. The van der Waals surface area contributed by atoms with E-state index in [2.05, 4.69) is 11.7 Å². The van der Waals surface area contributed by atoms with Crippen molar-refractivity contribution < 1.29 is 9.53 Å². The summed E-state index contributed by atoms with van der Waals surface area (Å²) in [6.07, 6.45) is 5.32. The zero-order valence-electron chi connectivity index (χ0n) is 7.75. The molecule has 0 aliphatic heterocycles. The first-order chi connectivity index (χ1) is 5.70. The number of esters is 1. The second-order valence-electron chi connectivity index (χ2n) is 2.79. The highest BCUT2D eigenvalue weighted by Gasteiger charge is 1.97. The van der Waals surface area contributed by atoms with Crippen molar-refractivity contribution in [2.45, 2.75) is 19.8 Å². The van der Waals surface area contributed by atoms with Crippen LogP contribution < -0.4 is 5.73 Å². The van der Waals surface area contributed by atoms with Crippen LogP contribution in [0.2, 0.25) is 0 Å². The smallest absolute Gasteiger partial charge is 0.330 e. The Balaban J connectivity index is 3.59. The van der Waals surface area contributed by atoms with Crippen LogP contribution in [0.15, 0.2) is 12.2 Å². The van der Waals surface area contributed by atoms with Gasteiger partial charge in [-0.2, -0.15) is 0 Å². The summed E-state index contributed by atoms with van der Waals surface area (Å²) in [5.41, 5.74) is 5.34. The second-order valence-corrected chi connectivity index (χ2v) is 2.79. The van der Waals surface area contributed by atoms with E-state index in [0.29, 0.717) is 12.5 Å². The van der Waals surface area contributed by atoms with Crippen LogP contribution in [-0.4, -0.2) is 19.6 Å². The average Bonchev–Trinajstić information content (AvgIpc) is 2.10. The number of nitrogens with two attached hydrogens (primary N) is 1. The lowest BCUT2D eigenvalue weighted by molar-refractivity contribution is -0.134. The van der Waals surface area contributed by atoms with Gasteiger partial charge >= 0.3 is 5.97 Å². The molecule has 0 heterocycles. The number of methoxy groups -OCH3 is 1. The van der Waals surface area contributed by atoms with Gasteiger partial charge < -0.3 is 10.5 Å². The molecule has 0 fully saturated rings. The van der Waals surface area contributed by atoms with Crippen LogP contribution in [0.4, 0.5) is 0 Å². The largest absolute Gasteiger partial charge is 0.466 e. The number of carbonyl (C=O) groups is 1. The highest BCUT2D eigenvalue weighted by atomic mass is 16.5. The quantitative estimate of drug-likeness (QED) is 0.497. The maximum absolute atomic E-state index is 10.7. The molecule has 0 saturated carbocycles. The Labute approximate surface area is 73.6 Å². The Hall–Kier alpha value is -0.830. The summed E-state index contributed by atoms with van der Waals surface area (Å²) < 4.78 is 4.45. The molecule has 0 aliphatic carbocycles. The van der Waals surface area contributed by atoms with Gasteiger partial charge in [0.1, 0.15) is 0 Å². The van der Waals surface area contributed by atoms with Gasteiger partial charge in [-0.1, -0.05) is 13.0 Å². The summed E-state index contributed by atoms with van der Waals surface area (Å²) in [7, 11) is 1.37. The Kier molecular flexibility index (Phi) is 6.38. The molecule has 0 bridgehead atoms. The van der Waals surface area contributed by atoms with Gasteiger partial charge in [-0.05, 0) is 25.3 Å². The monoisotopic (exact) mass is 171 g/mol. The predicted octanol–water partition coefficient (Wildman–Crippen LogP) is 1.09. The fourth-order valence-electron chi connectivity index (χ4n) is 0.847.